The number of hydrogen-bond donors (Lipinski definition) is 1. The summed E-state index contributed by atoms with van der Waals surface area (Å²) in [5, 5.41) is 0. The minimum Gasteiger partial charge on any atom is -0.324 e. The summed E-state index contributed by atoms with van der Waals surface area (Å²) in [6.07, 6.45) is 3.77. The molecule has 1 aromatic rings. The fourth-order valence-electron chi connectivity index (χ4n) is 1.86. The molecule has 1 atom stereocenters. The van der Waals surface area contributed by atoms with Gasteiger partial charge in [-0.05, 0) is 36.5 Å². The number of nitrogens with two attached hydrogens (primary N) is 1. The number of aryl methyl sites for hydroxylation is 1. The van der Waals surface area contributed by atoms with Gasteiger partial charge in [-0.15, -0.1) is 6.58 Å². The van der Waals surface area contributed by atoms with Crippen molar-refractivity contribution >= 4 is 0 Å². The smallest absolute Gasteiger partial charge is 0.0332 e. The van der Waals surface area contributed by atoms with Crippen molar-refractivity contribution in [3.63, 3.8) is 0 Å². The molecule has 2 N–H and O–H groups in total. The van der Waals surface area contributed by atoms with Crippen LogP contribution in [0, 0.1) is 6.92 Å². The summed E-state index contributed by atoms with van der Waals surface area (Å²) in [7, 11) is 0. The number of hydrogen-bond acceptors (Lipinski definition) is 1. The maximum absolute atomic E-state index is 6.08. The third-order valence-electron chi connectivity index (χ3n) is 2.62. The van der Waals surface area contributed by atoms with Gasteiger partial charge in [0.15, 0.2) is 0 Å². The van der Waals surface area contributed by atoms with Crippen molar-refractivity contribution in [3.05, 3.63) is 47.5 Å². The van der Waals surface area contributed by atoms with Gasteiger partial charge in [-0.3, -0.25) is 0 Å². The molecule has 0 aliphatic carbocycles. The lowest BCUT2D eigenvalue weighted by Gasteiger charge is -2.16. The van der Waals surface area contributed by atoms with Gasteiger partial charge in [0.2, 0.25) is 0 Å². The highest BCUT2D eigenvalue weighted by Crippen LogP contribution is 2.22. The van der Waals surface area contributed by atoms with E-state index in [4.69, 9.17) is 5.73 Å². The Balaban J connectivity index is 3.06. The van der Waals surface area contributed by atoms with Crippen LogP contribution in [0.25, 0.3) is 0 Å². The molecule has 1 nitrogen and oxygen atoms in total. The van der Waals surface area contributed by atoms with E-state index in [0.29, 0.717) is 0 Å². The van der Waals surface area contributed by atoms with Crippen molar-refractivity contribution in [1.29, 1.82) is 0 Å². The van der Waals surface area contributed by atoms with Crippen LogP contribution in [0.2, 0.25) is 0 Å². The molecule has 1 heteroatoms. The van der Waals surface area contributed by atoms with E-state index >= 15 is 0 Å². The molecule has 0 radical (unpaired) electrons. The van der Waals surface area contributed by atoms with Crippen LogP contribution in [0.3, 0.4) is 0 Å². The average Bonchev–Trinajstić information content (AvgIpc) is 2.17. The molecule has 0 amide bonds. The molecule has 0 aromatic heterocycles. The van der Waals surface area contributed by atoms with E-state index in [0.717, 1.165) is 12.8 Å². The SMILES string of the molecule is C=CCC(N)c1cccc(C)c1CC. The van der Waals surface area contributed by atoms with Gasteiger partial charge in [0.25, 0.3) is 0 Å². The predicted octanol–water partition coefficient (Wildman–Crippen LogP) is 3.13. The lowest BCUT2D eigenvalue weighted by molar-refractivity contribution is 0.729. The van der Waals surface area contributed by atoms with E-state index in [9.17, 15) is 0 Å². The number of benzene rings is 1. The molecule has 0 saturated heterocycles. The van der Waals surface area contributed by atoms with Gasteiger partial charge in [-0.2, -0.15) is 0 Å². The molecule has 0 bridgehead atoms. The van der Waals surface area contributed by atoms with Crippen LogP contribution in [0.4, 0.5) is 0 Å². The Kier molecular flexibility index (Phi) is 3.90. The first-order valence-electron chi connectivity index (χ1n) is 5.15. The summed E-state index contributed by atoms with van der Waals surface area (Å²) in [6, 6.07) is 6.44. The summed E-state index contributed by atoms with van der Waals surface area (Å²) < 4.78 is 0. The molecular weight excluding hydrogens is 170 g/mol. The van der Waals surface area contributed by atoms with Crippen LogP contribution in [-0.2, 0) is 6.42 Å². The molecule has 1 rings (SSSR count). The Morgan fingerprint density at radius 1 is 1.50 bits per heavy atom. The van der Waals surface area contributed by atoms with Crippen LogP contribution in [0.1, 0.15) is 36.1 Å². The average molecular weight is 189 g/mol. The van der Waals surface area contributed by atoms with Crippen LogP contribution in [-0.4, -0.2) is 0 Å². The van der Waals surface area contributed by atoms with Crippen molar-refractivity contribution in [2.75, 3.05) is 0 Å². The van der Waals surface area contributed by atoms with Crippen molar-refractivity contribution in [3.8, 4) is 0 Å². The second-order valence-electron chi connectivity index (χ2n) is 3.63. The van der Waals surface area contributed by atoms with E-state index in [1.165, 1.54) is 16.7 Å². The van der Waals surface area contributed by atoms with Gasteiger partial charge in [0.1, 0.15) is 0 Å². The Bertz CT molecular complexity index is 315. The second kappa shape index (κ2) is 4.97. The second-order valence-corrected chi connectivity index (χ2v) is 3.63. The van der Waals surface area contributed by atoms with Crippen molar-refractivity contribution in [2.45, 2.75) is 32.7 Å². The highest BCUT2D eigenvalue weighted by atomic mass is 14.6. The maximum atomic E-state index is 6.08. The predicted molar refractivity (Wildman–Crippen MR) is 62.3 cm³/mol. The first kappa shape index (κ1) is 11.0. The molecule has 0 aliphatic heterocycles. The number of rotatable bonds is 4. The quantitative estimate of drug-likeness (QED) is 0.723. The van der Waals surface area contributed by atoms with Gasteiger partial charge < -0.3 is 5.73 Å². The first-order valence-corrected chi connectivity index (χ1v) is 5.15. The maximum Gasteiger partial charge on any atom is 0.0332 e. The third kappa shape index (κ3) is 2.24. The molecule has 0 saturated carbocycles. The largest absolute Gasteiger partial charge is 0.324 e. The normalized spacial score (nSPS) is 12.5. The van der Waals surface area contributed by atoms with E-state index in [2.05, 4.69) is 38.6 Å². The summed E-state index contributed by atoms with van der Waals surface area (Å²) >= 11 is 0. The van der Waals surface area contributed by atoms with Crippen molar-refractivity contribution in [2.24, 2.45) is 5.73 Å². The zero-order chi connectivity index (χ0) is 10.6. The summed E-state index contributed by atoms with van der Waals surface area (Å²) in [4.78, 5) is 0. The molecular formula is C13H19N. The van der Waals surface area contributed by atoms with E-state index in [1.807, 2.05) is 6.08 Å². The molecule has 0 fully saturated rings. The highest BCUT2D eigenvalue weighted by molar-refractivity contribution is 5.36. The van der Waals surface area contributed by atoms with Crippen LogP contribution >= 0.6 is 0 Å². The fraction of sp³-hybridized carbons (Fsp3) is 0.385. The minimum absolute atomic E-state index is 0.0994. The zero-order valence-electron chi connectivity index (χ0n) is 9.09. The van der Waals surface area contributed by atoms with Crippen LogP contribution < -0.4 is 5.73 Å². The lowest BCUT2D eigenvalue weighted by atomic mass is 9.93. The molecule has 0 spiro atoms. The van der Waals surface area contributed by atoms with Crippen molar-refractivity contribution in [1.82, 2.24) is 0 Å². The third-order valence-corrected chi connectivity index (χ3v) is 2.62. The van der Waals surface area contributed by atoms with Gasteiger partial charge >= 0.3 is 0 Å². The Hall–Kier alpha value is -1.08. The van der Waals surface area contributed by atoms with Gasteiger partial charge in [0, 0.05) is 6.04 Å². The Morgan fingerprint density at radius 2 is 2.21 bits per heavy atom. The molecule has 1 aromatic carbocycles. The highest BCUT2D eigenvalue weighted by Gasteiger charge is 2.09. The molecule has 0 aliphatic rings. The molecule has 76 valence electrons. The topological polar surface area (TPSA) is 26.0 Å². The molecule has 1 unspecified atom stereocenters. The summed E-state index contributed by atoms with van der Waals surface area (Å²) in [5.41, 5.74) is 10.1. The van der Waals surface area contributed by atoms with Gasteiger partial charge in [-0.25, -0.2) is 0 Å². The zero-order valence-corrected chi connectivity index (χ0v) is 9.09. The van der Waals surface area contributed by atoms with E-state index in [-0.39, 0.29) is 6.04 Å². The minimum atomic E-state index is 0.0994. The standard InChI is InChI=1S/C13H19N/c1-4-7-13(14)12-9-6-8-10(3)11(12)5-2/h4,6,8-9,13H,1,5,7,14H2,2-3H3. The molecule has 0 heterocycles. The fourth-order valence-corrected chi connectivity index (χ4v) is 1.86. The lowest BCUT2D eigenvalue weighted by Crippen LogP contribution is -2.12. The van der Waals surface area contributed by atoms with Gasteiger partial charge in [0.05, 0.1) is 0 Å². The Labute approximate surface area is 86.6 Å². The van der Waals surface area contributed by atoms with Gasteiger partial charge in [-0.1, -0.05) is 31.2 Å². The van der Waals surface area contributed by atoms with E-state index in [1.54, 1.807) is 0 Å². The summed E-state index contributed by atoms with van der Waals surface area (Å²) in [6.45, 7) is 8.04. The first-order chi connectivity index (χ1) is 6.70. The Morgan fingerprint density at radius 3 is 2.79 bits per heavy atom. The molecule has 14 heavy (non-hydrogen) atoms. The van der Waals surface area contributed by atoms with Crippen LogP contribution in [0.15, 0.2) is 30.9 Å². The monoisotopic (exact) mass is 189 g/mol. The van der Waals surface area contributed by atoms with Crippen LogP contribution in [0.5, 0.6) is 0 Å². The van der Waals surface area contributed by atoms with E-state index < -0.39 is 0 Å². The van der Waals surface area contributed by atoms with Crippen molar-refractivity contribution < 1.29 is 0 Å². The summed E-state index contributed by atoms with van der Waals surface area (Å²) in [5.74, 6) is 0.